The van der Waals surface area contributed by atoms with Crippen LogP contribution in [0.15, 0.2) is 89.7 Å². The number of hydrogen-bond acceptors (Lipinski definition) is 4. The second-order valence-electron chi connectivity index (χ2n) is 7.60. The fraction of sp³-hybridized carbons (Fsp3) is 0.154. The summed E-state index contributed by atoms with van der Waals surface area (Å²) < 4.78 is 1.24. The number of carbonyl (C=O) groups is 2. The number of nitrogens with one attached hydrogen (secondary N) is 2. The molecule has 33 heavy (non-hydrogen) atoms. The average molecular weight is 441 g/mol. The highest BCUT2D eigenvalue weighted by molar-refractivity contribution is 6.05. The molecule has 0 radical (unpaired) electrons. The maximum absolute atomic E-state index is 12.9. The molecule has 0 aliphatic heterocycles. The van der Waals surface area contributed by atoms with Crippen molar-refractivity contribution in [2.75, 3.05) is 0 Å². The van der Waals surface area contributed by atoms with Crippen molar-refractivity contribution >= 4 is 22.6 Å². The summed E-state index contributed by atoms with van der Waals surface area (Å²) in [6, 6.07) is 26.3. The molecule has 2 N–H and O–H groups in total. The first kappa shape index (κ1) is 22.0. The minimum atomic E-state index is -0.585. The number of fused-ring (bicyclic) bond motifs is 1. The number of benzene rings is 3. The summed E-state index contributed by atoms with van der Waals surface area (Å²) in [6.07, 6.45) is 0.150. The zero-order valence-electron chi connectivity index (χ0n) is 18.2. The Morgan fingerprint density at radius 3 is 1.94 bits per heavy atom. The fourth-order valence-corrected chi connectivity index (χ4v) is 3.84. The van der Waals surface area contributed by atoms with Crippen molar-refractivity contribution < 1.29 is 9.59 Å². The number of aromatic nitrogens is 2. The number of nitrogens with zero attached hydrogens (tertiary/aromatic N) is 2. The lowest BCUT2D eigenvalue weighted by atomic mass is 9.88. The van der Waals surface area contributed by atoms with E-state index in [1.54, 1.807) is 31.2 Å². The van der Waals surface area contributed by atoms with E-state index in [-0.39, 0.29) is 29.5 Å². The van der Waals surface area contributed by atoms with Crippen molar-refractivity contribution in [1.82, 2.24) is 20.6 Å². The van der Waals surface area contributed by atoms with E-state index < -0.39 is 5.91 Å². The van der Waals surface area contributed by atoms with Gasteiger partial charge in [0.2, 0.25) is 5.91 Å². The number of rotatable bonds is 6. The molecular weight excluding hydrogens is 416 g/mol. The minimum absolute atomic E-state index is 0.0787. The van der Waals surface area contributed by atoms with Gasteiger partial charge >= 0.3 is 0 Å². The molecule has 0 fully saturated rings. The van der Waals surface area contributed by atoms with Crippen LogP contribution < -0.4 is 16.4 Å². The van der Waals surface area contributed by atoms with Crippen molar-refractivity contribution in [2.45, 2.75) is 25.8 Å². The zero-order chi connectivity index (χ0) is 23.2. The Morgan fingerprint density at radius 1 is 0.818 bits per heavy atom. The molecule has 166 valence electrons. The summed E-state index contributed by atoms with van der Waals surface area (Å²) in [5, 5.41) is 5.03. The summed E-state index contributed by atoms with van der Waals surface area (Å²) in [4.78, 5) is 38.1. The summed E-state index contributed by atoms with van der Waals surface area (Å²) in [7, 11) is 0. The van der Waals surface area contributed by atoms with Crippen LogP contribution in [0, 0.1) is 0 Å². The van der Waals surface area contributed by atoms with Crippen LogP contribution in [0.4, 0.5) is 0 Å². The summed E-state index contributed by atoms with van der Waals surface area (Å²) in [6.45, 7) is 2.10. The molecule has 1 heterocycles. The Labute approximate surface area is 191 Å². The van der Waals surface area contributed by atoms with Crippen molar-refractivity contribution in [3.05, 3.63) is 112 Å². The third-order valence-corrected chi connectivity index (χ3v) is 5.49. The Hall–Kier alpha value is -4.26. The van der Waals surface area contributed by atoms with Crippen LogP contribution in [0.25, 0.3) is 10.8 Å². The predicted molar refractivity (Wildman–Crippen MR) is 127 cm³/mol. The lowest BCUT2D eigenvalue weighted by Gasteiger charge is -2.18. The zero-order valence-corrected chi connectivity index (χ0v) is 18.2. The van der Waals surface area contributed by atoms with E-state index in [9.17, 15) is 14.4 Å². The first-order chi connectivity index (χ1) is 16.1. The normalized spacial score (nSPS) is 10.8. The third-order valence-electron chi connectivity index (χ3n) is 5.49. The van der Waals surface area contributed by atoms with Crippen LogP contribution in [0.5, 0.6) is 0 Å². The van der Waals surface area contributed by atoms with Gasteiger partial charge in [0, 0.05) is 24.3 Å². The summed E-state index contributed by atoms with van der Waals surface area (Å²) in [5.41, 5.74) is 6.79. The molecular formula is C26H24N4O3. The van der Waals surface area contributed by atoms with Gasteiger partial charge in [-0.05, 0) is 24.1 Å². The Kier molecular flexibility index (Phi) is 6.59. The van der Waals surface area contributed by atoms with Crippen LogP contribution in [-0.4, -0.2) is 21.6 Å². The van der Waals surface area contributed by atoms with Crippen LogP contribution in [0.3, 0.4) is 0 Å². The number of hydrogen-bond donors (Lipinski definition) is 2. The van der Waals surface area contributed by atoms with Gasteiger partial charge in [0.05, 0.1) is 5.39 Å². The van der Waals surface area contributed by atoms with Crippen LogP contribution in [-0.2, 0) is 11.3 Å². The van der Waals surface area contributed by atoms with Gasteiger partial charge in [-0.1, -0.05) is 78.9 Å². The van der Waals surface area contributed by atoms with Crippen molar-refractivity contribution in [3.8, 4) is 0 Å². The molecule has 3 aromatic carbocycles. The van der Waals surface area contributed by atoms with Gasteiger partial charge in [-0.2, -0.15) is 5.10 Å². The van der Waals surface area contributed by atoms with Crippen molar-refractivity contribution in [3.63, 3.8) is 0 Å². The van der Waals surface area contributed by atoms with E-state index in [4.69, 9.17) is 0 Å². The van der Waals surface area contributed by atoms with E-state index >= 15 is 0 Å². The molecule has 0 aliphatic carbocycles. The topological polar surface area (TPSA) is 93.1 Å². The van der Waals surface area contributed by atoms with Crippen LogP contribution in [0.1, 0.15) is 40.9 Å². The molecule has 0 unspecified atom stereocenters. The van der Waals surface area contributed by atoms with Crippen LogP contribution >= 0.6 is 0 Å². The number of hydrazine groups is 1. The molecule has 0 spiro atoms. The Morgan fingerprint density at radius 2 is 1.36 bits per heavy atom. The molecule has 1 aromatic heterocycles. The fourth-order valence-electron chi connectivity index (χ4n) is 3.84. The monoisotopic (exact) mass is 440 g/mol. The number of carbonyl (C=O) groups excluding carboxylic acids is 2. The lowest BCUT2D eigenvalue weighted by molar-refractivity contribution is -0.122. The number of amides is 2. The second-order valence-corrected chi connectivity index (χ2v) is 7.60. The van der Waals surface area contributed by atoms with E-state index in [1.807, 2.05) is 60.7 Å². The molecule has 4 rings (SSSR count). The van der Waals surface area contributed by atoms with Gasteiger partial charge in [0.15, 0.2) is 5.69 Å². The molecule has 0 bridgehead atoms. The molecule has 7 nitrogen and oxygen atoms in total. The molecule has 0 saturated carbocycles. The average Bonchev–Trinajstić information content (AvgIpc) is 2.87. The summed E-state index contributed by atoms with van der Waals surface area (Å²) in [5.74, 6) is -1.09. The molecule has 2 amide bonds. The van der Waals surface area contributed by atoms with Gasteiger partial charge in [-0.25, -0.2) is 4.68 Å². The largest absolute Gasteiger partial charge is 0.290 e. The Bertz CT molecular complexity index is 1290. The van der Waals surface area contributed by atoms with Gasteiger partial charge in [-0.15, -0.1) is 0 Å². The van der Waals surface area contributed by atoms with Gasteiger partial charge in [0.1, 0.15) is 0 Å². The standard InChI is InChI=1S/C26H24N4O3/c1-2-30-26(33)21-16-10-9-15-20(21)24(29-30)25(32)28-27-23(31)17-22(18-11-5-3-6-12-18)19-13-7-4-8-14-19/h3-16,22H,2,17H2,1H3,(H,27,31)(H,28,32). The first-order valence-corrected chi connectivity index (χ1v) is 10.8. The van der Waals surface area contributed by atoms with Crippen molar-refractivity contribution in [1.29, 1.82) is 0 Å². The molecule has 0 atom stereocenters. The first-order valence-electron chi connectivity index (χ1n) is 10.8. The molecule has 0 saturated heterocycles. The highest BCUT2D eigenvalue weighted by atomic mass is 16.2. The minimum Gasteiger partial charge on any atom is -0.273 e. The smallest absolute Gasteiger partial charge is 0.273 e. The third kappa shape index (κ3) is 4.82. The number of aryl methyl sites for hydroxylation is 1. The molecule has 4 aromatic rings. The van der Waals surface area contributed by atoms with Crippen LogP contribution in [0.2, 0.25) is 0 Å². The van der Waals surface area contributed by atoms with Gasteiger partial charge in [0.25, 0.3) is 11.5 Å². The SMILES string of the molecule is CCn1nc(C(=O)NNC(=O)CC(c2ccccc2)c2ccccc2)c2ccccc2c1=O. The highest BCUT2D eigenvalue weighted by Crippen LogP contribution is 2.27. The summed E-state index contributed by atoms with van der Waals surface area (Å²) >= 11 is 0. The quantitative estimate of drug-likeness (QED) is 0.450. The van der Waals surface area contributed by atoms with Gasteiger partial charge in [-0.3, -0.25) is 25.2 Å². The van der Waals surface area contributed by atoms with E-state index in [1.165, 1.54) is 4.68 Å². The Balaban J connectivity index is 1.52. The van der Waals surface area contributed by atoms with Crippen molar-refractivity contribution in [2.24, 2.45) is 0 Å². The van der Waals surface area contributed by atoms with E-state index in [0.29, 0.717) is 17.3 Å². The molecule has 7 heteroatoms. The second kappa shape index (κ2) is 9.91. The maximum Gasteiger partial charge on any atom is 0.290 e. The van der Waals surface area contributed by atoms with E-state index in [0.717, 1.165) is 11.1 Å². The lowest BCUT2D eigenvalue weighted by Crippen LogP contribution is -2.43. The van der Waals surface area contributed by atoms with E-state index in [2.05, 4.69) is 16.0 Å². The molecule has 0 aliphatic rings. The predicted octanol–water partition coefficient (Wildman–Crippen LogP) is 3.40. The maximum atomic E-state index is 12.9. The highest BCUT2D eigenvalue weighted by Gasteiger charge is 2.20. The van der Waals surface area contributed by atoms with Gasteiger partial charge < -0.3 is 0 Å².